The molecule has 0 unspecified atom stereocenters. The summed E-state index contributed by atoms with van der Waals surface area (Å²) in [5.41, 5.74) is -0.150. The lowest BCUT2D eigenvalue weighted by Gasteiger charge is -2.17. The van der Waals surface area contributed by atoms with Crippen molar-refractivity contribution in [2.45, 2.75) is 12.8 Å². The van der Waals surface area contributed by atoms with E-state index in [1.54, 1.807) is 0 Å². The number of nitrogens with zero attached hydrogens (tertiary/aromatic N) is 1. The van der Waals surface area contributed by atoms with Crippen molar-refractivity contribution in [2.24, 2.45) is 0 Å². The van der Waals surface area contributed by atoms with E-state index in [-0.39, 0.29) is 11.4 Å². The SMILES string of the molecule is O=C(CSC(=S)N1CCCC1)Nc1cc(F)ccc1F. The van der Waals surface area contributed by atoms with Crippen LogP contribution in [0.25, 0.3) is 0 Å². The largest absolute Gasteiger partial charge is 0.358 e. The van der Waals surface area contributed by atoms with Crippen LogP contribution in [0, 0.1) is 11.6 Å². The van der Waals surface area contributed by atoms with Crippen molar-refractivity contribution in [3.8, 4) is 0 Å². The minimum absolute atomic E-state index is 0.0886. The van der Waals surface area contributed by atoms with Crippen LogP contribution in [0.2, 0.25) is 0 Å². The zero-order chi connectivity index (χ0) is 14.5. The zero-order valence-corrected chi connectivity index (χ0v) is 12.3. The number of rotatable bonds is 3. The van der Waals surface area contributed by atoms with Gasteiger partial charge in [0.25, 0.3) is 0 Å². The first-order chi connectivity index (χ1) is 9.56. The van der Waals surface area contributed by atoms with Crippen molar-refractivity contribution in [1.29, 1.82) is 0 Å². The fraction of sp³-hybridized carbons (Fsp3) is 0.385. The Morgan fingerprint density at radius 3 is 2.75 bits per heavy atom. The Hall–Kier alpha value is -1.21. The van der Waals surface area contributed by atoms with Crippen LogP contribution in [0.1, 0.15) is 12.8 Å². The van der Waals surface area contributed by atoms with Gasteiger partial charge in [0, 0.05) is 19.2 Å². The average Bonchev–Trinajstić information content (AvgIpc) is 2.94. The number of nitrogens with one attached hydrogen (secondary N) is 1. The molecular weight excluding hydrogens is 302 g/mol. The van der Waals surface area contributed by atoms with Crippen LogP contribution < -0.4 is 5.32 Å². The molecule has 0 aliphatic carbocycles. The van der Waals surface area contributed by atoms with Crippen molar-refractivity contribution >= 4 is 39.9 Å². The molecule has 1 N–H and O–H groups in total. The Labute approximate surface area is 125 Å². The second-order valence-electron chi connectivity index (χ2n) is 4.42. The van der Waals surface area contributed by atoms with Gasteiger partial charge in [-0.05, 0) is 25.0 Å². The third-order valence-corrected chi connectivity index (χ3v) is 4.42. The summed E-state index contributed by atoms with van der Waals surface area (Å²) in [5, 5.41) is 2.34. The zero-order valence-electron chi connectivity index (χ0n) is 10.7. The molecule has 7 heteroatoms. The lowest BCUT2D eigenvalue weighted by atomic mass is 10.3. The standard InChI is InChI=1S/C13H14F2N2OS2/c14-9-3-4-10(15)11(7-9)16-12(18)8-20-13(19)17-5-1-2-6-17/h3-4,7H,1-2,5-6,8H2,(H,16,18). The summed E-state index contributed by atoms with van der Waals surface area (Å²) in [6, 6.07) is 2.94. The maximum atomic E-state index is 13.4. The second kappa shape index (κ2) is 6.99. The number of anilines is 1. The predicted molar refractivity (Wildman–Crippen MR) is 80.9 cm³/mol. The smallest absolute Gasteiger partial charge is 0.234 e. The molecule has 3 nitrogen and oxygen atoms in total. The summed E-state index contributed by atoms with van der Waals surface area (Å²) < 4.78 is 27.0. The van der Waals surface area contributed by atoms with Gasteiger partial charge in [0.05, 0.1) is 11.4 Å². The summed E-state index contributed by atoms with van der Waals surface area (Å²) in [6.07, 6.45) is 2.22. The molecule has 1 aliphatic heterocycles. The molecule has 0 saturated carbocycles. The number of hydrogen-bond acceptors (Lipinski definition) is 3. The third kappa shape index (κ3) is 4.14. The van der Waals surface area contributed by atoms with Crippen LogP contribution in [0.4, 0.5) is 14.5 Å². The lowest BCUT2D eigenvalue weighted by molar-refractivity contribution is -0.113. The number of thioether (sulfide) groups is 1. The van der Waals surface area contributed by atoms with Crippen molar-refractivity contribution in [3.05, 3.63) is 29.8 Å². The topological polar surface area (TPSA) is 32.3 Å². The minimum Gasteiger partial charge on any atom is -0.358 e. The number of hydrogen-bond donors (Lipinski definition) is 1. The monoisotopic (exact) mass is 316 g/mol. The Balaban J connectivity index is 1.83. The molecule has 0 atom stereocenters. The molecule has 1 aromatic carbocycles. The molecule has 1 aliphatic rings. The summed E-state index contributed by atoms with van der Waals surface area (Å²) in [4.78, 5) is 13.7. The van der Waals surface area contributed by atoms with E-state index >= 15 is 0 Å². The van der Waals surface area contributed by atoms with Crippen LogP contribution in [-0.2, 0) is 4.79 Å². The highest BCUT2D eigenvalue weighted by Crippen LogP contribution is 2.18. The molecule has 1 heterocycles. The van der Waals surface area contributed by atoms with Gasteiger partial charge in [-0.2, -0.15) is 0 Å². The molecule has 1 amide bonds. The summed E-state index contributed by atoms with van der Waals surface area (Å²) in [7, 11) is 0. The lowest BCUT2D eigenvalue weighted by Crippen LogP contribution is -2.25. The van der Waals surface area contributed by atoms with E-state index in [1.807, 2.05) is 0 Å². The first-order valence-corrected chi connectivity index (χ1v) is 7.62. The van der Waals surface area contributed by atoms with Crippen molar-refractivity contribution in [3.63, 3.8) is 0 Å². The molecule has 1 aromatic rings. The number of halogens is 2. The molecule has 0 radical (unpaired) electrons. The highest BCUT2D eigenvalue weighted by molar-refractivity contribution is 8.23. The maximum Gasteiger partial charge on any atom is 0.234 e. The van der Waals surface area contributed by atoms with E-state index in [9.17, 15) is 13.6 Å². The van der Waals surface area contributed by atoms with Gasteiger partial charge in [-0.25, -0.2) is 8.78 Å². The molecule has 0 spiro atoms. The fourth-order valence-electron chi connectivity index (χ4n) is 1.90. The summed E-state index contributed by atoms with van der Waals surface area (Å²) in [6.45, 7) is 1.85. The van der Waals surface area contributed by atoms with E-state index in [0.29, 0.717) is 4.32 Å². The van der Waals surface area contributed by atoms with Gasteiger partial charge in [0.15, 0.2) is 0 Å². The number of carbonyl (C=O) groups excluding carboxylic acids is 1. The van der Waals surface area contributed by atoms with Gasteiger partial charge in [-0.3, -0.25) is 4.79 Å². The van der Waals surface area contributed by atoms with Crippen LogP contribution in [0.5, 0.6) is 0 Å². The average molecular weight is 316 g/mol. The molecule has 1 fully saturated rings. The highest BCUT2D eigenvalue weighted by Gasteiger charge is 2.16. The van der Waals surface area contributed by atoms with Crippen LogP contribution >= 0.6 is 24.0 Å². The molecular formula is C13H14F2N2OS2. The van der Waals surface area contributed by atoms with E-state index in [1.165, 1.54) is 11.8 Å². The van der Waals surface area contributed by atoms with Crippen LogP contribution in [0.15, 0.2) is 18.2 Å². The van der Waals surface area contributed by atoms with Crippen LogP contribution in [0.3, 0.4) is 0 Å². The molecule has 0 aromatic heterocycles. The maximum absolute atomic E-state index is 13.4. The first-order valence-electron chi connectivity index (χ1n) is 6.23. The number of thiocarbonyl (C=S) groups is 1. The van der Waals surface area contributed by atoms with Crippen LogP contribution in [-0.4, -0.2) is 34.0 Å². The Morgan fingerprint density at radius 2 is 2.05 bits per heavy atom. The molecule has 108 valence electrons. The van der Waals surface area contributed by atoms with Crippen molar-refractivity contribution in [1.82, 2.24) is 4.90 Å². The first kappa shape index (κ1) is 15.2. The number of carbonyl (C=O) groups is 1. The van der Waals surface area contributed by atoms with E-state index in [4.69, 9.17) is 12.2 Å². The Kier molecular flexibility index (Phi) is 5.31. The summed E-state index contributed by atoms with van der Waals surface area (Å²) >= 11 is 6.46. The molecule has 2 rings (SSSR count). The normalized spacial score (nSPS) is 14.4. The second-order valence-corrected chi connectivity index (χ2v) is 6.03. The highest BCUT2D eigenvalue weighted by atomic mass is 32.2. The molecule has 1 saturated heterocycles. The minimum atomic E-state index is -0.660. The number of likely N-dealkylation sites (tertiary alicyclic amines) is 1. The van der Waals surface area contributed by atoms with E-state index < -0.39 is 17.5 Å². The summed E-state index contributed by atoms with van der Waals surface area (Å²) in [5.74, 6) is -1.57. The van der Waals surface area contributed by atoms with Crippen molar-refractivity contribution < 1.29 is 13.6 Å². The van der Waals surface area contributed by atoms with Gasteiger partial charge in [-0.15, -0.1) is 0 Å². The van der Waals surface area contributed by atoms with Crippen molar-refractivity contribution in [2.75, 3.05) is 24.2 Å². The van der Waals surface area contributed by atoms with Gasteiger partial charge in [0.1, 0.15) is 16.0 Å². The predicted octanol–water partition coefficient (Wildman–Crippen LogP) is 3.02. The Morgan fingerprint density at radius 1 is 1.35 bits per heavy atom. The van der Waals surface area contributed by atoms with Gasteiger partial charge in [-0.1, -0.05) is 24.0 Å². The Bertz CT molecular complexity index is 519. The third-order valence-electron chi connectivity index (χ3n) is 2.89. The van der Waals surface area contributed by atoms with E-state index in [0.717, 1.165) is 44.1 Å². The van der Waals surface area contributed by atoms with Gasteiger partial charge in [0.2, 0.25) is 5.91 Å². The fourth-order valence-corrected chi connectivity index (χ4v) is 2.95. The van der Waals surface area contributed by atoms with E-state index in [2.05, 4.69) is 10.2 Å². The van der Waals surface area contributed by atoms with Gasteiger partial charge < -0.3 is 10.2 Å². The number of benzene rings is 1. The molecule has 20 heavy (non-hydrogen) atoms. The van der Waals surface area contributed by atoms with Gasteiger partial charge >= 0.3 is 0 Å². The molecule has 0 bridgehead atoms. The number of amides is 1. The quantitative estimate of drug-likeness (QED) is 0.869.